The summed E-state index contributed by atoms with van der Waals surface area (Å²) in [4.78, 5) is 11.5. The number of alkyl halides is 1. The average Bonchev–Trinajstić information content (AvgIpc) is 3.21. The summed E-state index contributed by atoms with van der Waals surface area (Å²) in [5, 5.41) is 0.445. The first-order valence-corrected chi connectivity index (χ1v) is 8.16. The molecule has 0 bridgehead atoms. The predicted molar refractivity (Wildman–Crippen MR) is 87.1 cm³/mol. The molecule has 0 aliphatic heterocycles. The van der Waals surface area contributed by atoms with Crippen molar-refractivity contribution in [1.82, 2.24) is 19.4 Å². The fourth-order valence-corrected chi connectivity index (χ4v) is 3.04. The van der Waals surface area contributed by atoms with Crippen molar-refractivity contribution in [2.75, 3.05) is 7.05 Å². The van der Waals surface area contributed by atoms with E-state index < -0.39 is 0 Å². The van der Waals surface area contributed by atoms with E-state index >= 15 is 0 Å². The SMILES string of the molecule is CC(Cl)c1nc2cc(Cl)cnc2n1CC(C)N(C)C1CC1. The molecule has 3 rings (SSSR count). The highest BCUT2D eigenvalue weighted by molar-refractivity contribution is 6.31. The third kappa shape index (κ3) is 3.03. The van der Waals surface area contributed by atoms with E-state index in [1.54, 1.807) is 6.20 Å². The molecule has 2 heterocycles. The summed E-state index contributed by atoms with van der Waals surface area (Å²) in [6, 6.07) is 2.99. The molecule has 0 aromatic carbocycles. The molecule has 2 atom stereocenters. The Balaban J connectivity index is 1.96. The van der Waals surface area contributed by atoms with Gasteiger partial charge in [0, 0.05) is 24.8 Å². The minimum atomic E-state index is -0.156. The van der Waals surface area contributed by atoms with Crippen LogP contribution in [-0.2, 0) is 6.54 Å². The van der Waals surface area contributed by atoms with Gasteiger partial charge in [-0.15, -0.1) is 11.6 Å². The van der Waals surface area contributed by atoms with E-state index in [-0.39, 0.29) is 5.38 Å². The minimum absolute atomic E-state index is 0.156. The van der Waals surface area contributed by atoms with Gasteiger partial charge in [-0.3, -0.25) is 4.90 Å². The molecule has 2 unspecified atom stereocenters. The molecule has 1 aliphatic rings. The Labute approximate surface area is 135 Å². The second kappa shape index (κ2) is 5.75. The van der Waals surface area contributed by atoms with Crippen molar-refractivity contribution in [3.63, 3.8) is 0 Å². The van der Waals surface area contributed by atoms with Crippen molar-refractivity contribution in [3.05, 3.63) is 23.1 Å². The summed E-state index contributed by atoms with van der Waals surface area (Å²) >= 11 is 12.3. The number of pyridine rings is 1. The maximum absolute atomic E-state index is 6.30. The van der Waals surface area contributed by atoms with E-state index in [2.05, 4.69) is 33.4 Å². The highest BCUT2D eigenvalue weighted by atomic mass is 35.5. The van der Waals surface area contributed by atoms with Crippen molar-refractivity contribution in [2.45, 2.75) is 50.7 Å². The van der Waals surface area contributed by atoms with Gasteiger partial charge in [-0.1, -0.05) is 11.6 Å². The monoisotopic (exact) mass is 326 g/mol. The predicted octanol–water partition coefficient (Wildman–Crippen LogP) is 3.87. The zero-order valence-corrected chi connectivity index (χ0v) is 14.1. The van der Waals surface area contributed by atoms with Crippen LogP contribution in [0.5, 0.6) is 0 Å². The molecule has 2 aromatic heterocycles. The van der Waals surface area contributed by atoms with Crippen LogP contribution in [0.4, 0.5) is 0 Å². The lowest BCUT2D eigenvalue weighted by Crippen LogP contribution is -2.35. The van der Waals surface area contributed by atoms with Gasteiger partial charge in [0.2, 0.25) is 0 Å². The maximum atomic E-state index is 6.30. The summed E-state index contributed by atoms with van der Waals surface area (Å²) in [5.41, 5.74) is 1.67. The lowest BCUT2D eigenvalue weighted by molar-refractivity contribution is 0.225. The molecular formula is C15H20Cl2N4. The highest BCUT2D eigenvalue weighted by Crippen LogP contribution is 2.29. The number of rotatable bonds is 5. The van der Waals surface area contributed by atoms with Crippen LogP contribution in [0.2, 0.25) is 5.02 Å². The Bertz CT molecular complexity index is 648. The Morgan fingerprint density at radius 3 is 2.76 bits per heavy atom. The third-order valence-corrected chi connectivity index (χ3v) is 4.60. The van der Waals surface area contributed by atoms with Crippen molar-refractivity contribution < 1.29 is 0 Å². The van der Waals surface area contributed by atoms with Crippen LogP contribution in [0.3, 0.4) is 0 Å². The fraction of sp³-hybridized carbons (Fsp3) is 0.600. The van der Waals surface area contributed by atoms with Crippen LogP contribution in [0.1, 0.15) is 37.9 Å². The molecule has 1 aliphatic carbocycles. The Hall–Kier alpha value is -0.840. The summed E-state index contributed by atoms with van der Waals surface area (Å²) < 4.78 is 2.13. The van der Waals surface area contributed by atoms with Gasteiger partial charge < -0.3 is 4.57 Å². The van der Waals surface area contributed by atoms with E-state index in [1.165, 1.54) is 12.8 Å². The first-order valence-electron chi connectivity index (χ1n) is 7.35. The van der Waals surface area contributed by atoms with Gasteiger partial charge in [0.05, 0.1) is 10.4 Å². The molecule has 114 valence electrons. The first kappa shape index (κ1) is 15.1. The number of hydrogen-bond donors (Lipinski definition) is 0. The topological polar surface area (TPSA) is 34.0 Å². The number of halogens is 2. The molecule has 0 amide bonds. The van der Waals surface area contributed by atoms with Crippen molar-refractivity contribution in [1.29, 1.82) is 0 Å². The van der Waals surface area contributed by atoms with Crippen molar-refractivity contribution in [3.8, 4) is 0 Å². The second-order valence-electron chi connectivity index (χ2n) is 5.94. The van der Waals surface area contributed by atoms with Gasteiger partial charge >= 0.3 is 0 Å². The van der Waals surface area contributed by atoms with Gasteiger partial charge in [-0.2, -0.15) is 0 Å². The Morgan fingerprint density at radius 1 is 1.43 bits per heavy atom. The van der Waals surface area contributed by atoms with E-state index in [9.17, 15) is 0 Å². The Kier molecular flexibility index (Phi) is 4.12. The summed E-state index contributed by atoms with van der Waals surface area (Å²) in [6.07, 6.45) is 4.27. The summed E-state index contributed by atoms with van der Waals surface area (Å²) in [5.74, 6) is 0.859. The Morgan fingerprint density at radius 2 is 2.14 bits per heavy atom. The molecule has 0 N–H and O–H groups in total. The molecule has 0 radical (unpaired) electrons. The summed E-state index contributed by atoms with van der Waals surface area (Å²) in [7, 11) is 2.19. The molecule has 0 spiro atoms. The van der Waals surface area contributed by atoms with E-state index in [0.717, 1.165) is 29.6 Å². The second-order valence-corrected chi connectivity index (χ2v) is 7.03. The van der Waals surface area contributed by atoms with Crippen LogP contribution in [0.15, 0.2) is 12.3 Å². The standard InChI is InChI=1S/C15H20Cl2N4/c1-9(20(3)12-4-5-12)8-21-14(10(2)16)19-13-6-11(17)7-18-15(13)21/h6-7,9-10,12H,4-5,8H2,1-3H3. The molecule has 0 saturated heterocycles. The van der Waals surface area contributed by atoms with Gasteiger partial charge in [0.1, 0.15) is 11.3 Å². The van der Waals surface area contributed by atoms with Crippen LogP contribution in [0, 0.1) is 0 Å². The number of likely N-dealkylation sites (N-methyl/N-ethyl adjacent to an activating group) is 1. The normalized spacial score (nSPS) is 18.4. The van der Waals surface area contributed by atoms with Crippen LogP contribution < -0.4 is 0 Å². The number of hydrogen-bond acceptors (Lipinski definition) is 3. The molecule has 1 fully saturated rings. The van der Waals surface area contributed by atoms with Gasteiger partial charge in [0.15, 0.2) is 5.65 Å². The third-order valence-electron chi connectivity index (χ3n) is 4.20. The van der Waals surface area contributed by atoms with E-state index in [4.69, 9.17) is 23.2 Å². The van der Waals surface area contributed by atoms with Crippen molar-refractivity contribution in [2.24, 2.45) is 0 Å². The van der Waals surface area contributed by atoms with Crippen molar-refractivity contribution >= 4 is 34.4 Å². The highest BCUT2D eigenvalue weighted by Gasteiger charge is 2.30. The first-order chi connectivity index (χ1) is 9.97. The molecular weight excluding hydrogens is 307 g/mol. The zero-order valence-electron chi connectivity index (χ0n) is 12.6. The molecule has 1 saturated carbocycles. The van der Waals surface area contributed by atoms with Gasteiger partial charge in [0.25, 0.3) is 0 Å². The largest absolute Gasteiger partial charge is 0.310 e. The average molecular weight is 327 g/mol. The number of aromatic nitrogens is 3. The smallest absolute Gasteiger partial charge is 0.160 e. The minimum Gasteiger partial charge on any atom is -0.310 e. The van der Waals surface area contributed by atoms with Crippen LogP contribution >= 0.6 is 23.2 Å². The number of imidazole rings is 1. The van der Waals surface area contributed by atoms with E-state index in [1.807, 2.05) is 13.0 Å². The molecule has 2 aromatic rings. The number of fused-ring (bicyclic) bond motifs is 1. The van der Waals surface area contributed by atoms with E-state index in [0.29, 0.717) is 11.1 Å². The quantitative estimate of drug-likeness (QED) is 0.782. The van der Waals surface area contributed by atoms with Crippen LogP contribution in [-0.4, -0.2) is 38.6 Å². The number of nitrogens with zero attached hydrogens (tertiary/aromatic N) is 4. The molecule has 6 heteroatoms. The molecule has 4 nitrogen and oxygen atoms in total. The molecule has 21 heavy (non-hydrogen) atoms. The fourth-order valence-electron chi connectivity index (χ4n) is 2.72. The van der Waals surface area contributed by atoms with Gasteiger partial charge in [-0.25, -0.2) is 9.97 Å². The van der Waals surface area contributed by atoms with Crippen LogP contribution in [0.25, 0.3) is 11.2 Å². The lowest BCUT2D eigenvalue weighted by Gasteiger charge is -2.25. The van der Waals surface area contributed by atoms with Gasteiger partial charge in [-0.05, 0) is 39.8 Å². The summed E-state index contributed by atoms with van der Waals surface area (Å²) in [6.45, 7) is 5.02. The maximum Gasteiger partial charge on any atom is 0.160 e. The zero-order chi connectivity index (χ0) is 15.1. The lowest BCUT2D eigenvalue weighted by atomic mass is 10.2.